The first-order valence-corrected chi connectivity index (χ1v) is 13.2. The molecule has 1 aliphatic rings. The summed E-state index contributed by atoms with van der Waals surface area (Å²) in [6, 6.07) is 8.34. The average Bonchev–Trinajstić information content (AvgIpc) is 2.64. The van der Waals surface area contributed by atoms with Gasteiger partial charge in [0.2, 0.25) is 19.9 Å². The fourth-order valence-electron chi connectivity index (χ4n) is 4.55. The quantitative estimate of drug-likeness (QED) is 0.639. The molecule has 0 aliphatic carbocycles. The van der Waals surface area contributed by atoms with E-state index in [1.807, 2.05) is 27.7 Å². The summed E-state index contributed by atoms with van der Waals surface area (Å²) < 4.78 is 95.7. The number of hydrogen-bond acceptors (Lipinski definition) is 5. The zero-order valence-electron chi connectivity index (χ0n) is 18.7. The number of sulfonamides is 1. The SMILES string of the molecule is CC1(C)CC(NS(=O)(=O)c2cc(S(=O)(=O)c3ccccc3)ccc2C(F)(F)F)CC(C)(C)N1. The Kier molecular flexibility index (Phi) is 6.51. The van der Waals surface area contributed by atoms with Crippen molar-refractivity contribution < 1.29 is 30.0 Å². The Labute approximate surface area is 192 Å². The summed E-state index contributed by atoms with van der Waals surface area (Å²) in [6.07, 6.45) is -4.30. The predicted molar refractivity (Wildman–Crippen MR) is 118 cm³/mol. The lowest BCUT2D eigenvalue weighted by atomic mass is 9.80. The first-order valence-electron chi connectivity index (χ1n) is 10.3. The van der Waals surface area contributed by atoms with Crippen LogP contribution >= 0.6 is 0 Å². The van der Waals surface area contributed by atoms with Gasteiger partial charge >= 0.3 is 6.18 Å². The highest BCUT2D eigenvalue weighted by Crippen LogP contribution is 2.37. The Morgan fingerprint density at radius 1 is 0.879 bits per heavy atom. The lowest BCUT2D eigenvalue weighted by Gasteiger charge is -2.46. The van der Waals surface area contributed by atoms with Crippen molar-refractivity contribution in [3.63, 3.8) is 0 Å². The van der Waals surface area contributed by atoms with Crippen LogP contribution in [0, 0.1) is 0 Å². The van der Waals surface area contributed by atoms with Gasteiger partial charge in [0.1, 0.15) is 0 Å². The van der Waals surface area contributed by atoms with Crippen molar-refractivity contribution in [2.75, 3.05) is 0 Å². The van der Waals surface area contributed by atoms with E-state index >= 15 is 0 Å². The van der Waals surface area contributed by atoms with Crippen LogP contribution in [-0.2, 0) is 26.0 Å². The van der Waals surface area contributed by atoms with Gasteiger partial charge in [-0.2, -0.15) is 13.2 Å². The van der Waals surface area contributed by atoms with E-state index in [0.717, 1.165) is 6.07 Å². The molecule has 3 rings (SSSR count). The molecule has 33 heavy (non-hydrogen) atoms. The molecule has 6 nitrogen and oxygen atoms in total. The Balaban J connectivity index is 2.09. The predicted octanol–water partition coefficient (Wildman–Crippen LogP) is 4.13. The molecule has 0 saturated carbocycles. The van der Waals surface area contributed by atoms with E-state index in [-0.39, 0.29) is 4.90 Å². The second-order valence-electron chi connectivity index (χ2n) is 9.59. The first kappa shape index (κ1) is 25.7. The molecule has 11 heteroatoms. The van der Waals surface area contributed by atoms with Gasteiger partial charge < -0.3 is 5.32 Å². The van der Waals surface area contributed by atoms with Crippen LogP contribution in [0.15, 0.2) is 63.2 Å². The molecule has 0 amide bonds. The van der Waals surface area contributed by atoms with Crippen LogP contribution in [0.5, 0.6) is 0 Å². The van der Waals surface area contributed by atoms with Crippen molar-refractivity contribution in [2.24, 2.45) is 0 Å². The van der Waals surface area contributed by atoms with Gasteiger partial charge in [0.05, 0.1) is 20.2 Å². The third-order valence-electron chi connectivity index (χ3n) is 5.42. The molecule has 0 aromatic heterocycles. The monoisotopic (exact) mass is 504 g/mol. The lowest BCUT2D eigenvalue weighted by molar-refractivity contribution is -0.140. The second kappa shape index (κ2) is 8.37. The molecule has 1 saturated heterocycles. The number of benzene rings is 2. The summed E-state index contributed by atoms with van der Waals surface area (Å²) in [5.41, 5.74) is -2.34. The van der Waals surface area contributed by atoms with E-state index < -0.39 is 58.5 Å². The van der Waals surface area contributed by atoms with Gasteiger partial charge in [-0.3, -0.25) is 0 Å². The molecule has 1 fully saturated rings. The molecule has 0 unspecified atom stereocenters. The maximum absolute atomic E-state index is 13.7. The first-order chi connectivity index (χ1) is 14.9. The average molecular weight is 505 g/mol. The van der Waals surface area contributed by atoms with E-state index in [1.54, 1.807) is 6.07 Å². The molecule has 2 aromatic rings. The Hall–Kier alpha value is -1.95. The van der Waals surface area contributed by atoms with Gasteiger partial charge in [-0.1, -0.05) is 18.2 Å². The standard InChI is InChI=1S/C22H27F3N2O4S2/c1-20(2)13-15(14-21(3,4)27-20)26-33(30,31)19-12-17(10-11-18(19)22(23,24)25)32(28,29)16-8-6-5-7-9-16/h5-12,15,26-27H,13-14H2,1-4H3. The van der Waals surface area contributed by atoms with Crippen molar-refractivity contribution >= 4 is 19.9 Å². The van der Waals surface area contributed by atoms with E-state index in [0.29, 0.717) is 25.0 Å². The van der Waals surface area contributed by atoms with E-state index in [1.165, 1.54) is 24.3 Å². The molecule has 2 aromatic carbocycles. The highest BCUT2D eigenvalue weighted by molar-refractivity contribution is 7.91. The summed E-state index contributed by atoms with van der Waals surface area (Å²) in [6.45, 7) is 7.51. The Morgan fingerprint density at radius 2 is 1.42 bits per heavy atom. The topological polar surface area (TPSA) is 92.3 Å². The van der Waals surface area contributed by atoms with Crippen LogP contribution in [0.2, 0.25) is 0 Å². The minimum atomic E-state index is -4.99. The summed E-state index contributed by atoms with van der Waals surface area (Å²) >= 11 is 0. The van der Waals surface area contributed by atoms with Crippen LogP contribution in [0.3, 0.4) is 0 Å². The third kappa shape index (κ3) is 5.76. The smallest absolute Gasteiger partial charge is 0.307 e. The molecule has 0 radical (unpaired) electrons. The van der Waals surface area contributed by atoms with Crippen LogP contribution in [0.25, 0.3) is 0 Å². The molecule has 1 heterocycles. The summed E-state index contributed by atoms with van der Waals surface area (Å²) in [5, 5.41) is 3.38. The fraction of sp³-hybridized carbons (Fsp3) is 0.455. The van der Waals surface area contributed by atoms with Gasteiger partial charge in [0.15, 0.2) is 0 Å². The van der Waals surface area contributed by atoms with Crippen molar-refractivity contribution in [1.29, 1.82) is 0 Å². The molecule has 182 valence electrons. The zero-order valence-corrected chi connectivity index (χ0v) is 20.3. The molecular weight excluding hydrogens is 477 g/mol. The number of nitrogens with one attached hydrogen (secondary N) is 2. The van der Waals surface area contributed by atoms with Crippen molar-refractivity contribution in [1.82, 2.24) is 10.0 Å². The number of piperidine rings is 1. The molecular formula is C22H27F3N2O4S2. The van der Waals surface area contributed by atoms with Gasteiger partial charge in [-0.05, 0) is 70.9 Å². The molecule has 0 atom stereocenters. The lowest BCUT2D eigenvalue weighted by Crippen LogP contribution is -2.62. The number of alkyl halides is 3. The van der Waals surface area contributed by atoms with Crippen molar-refractivity contribution in [2.45, 2.75) is 78.5 Å². The van der Waals surface area contributed by atoms with Gasteiger partial charge in [0, 0.05) is 17.1 Å². The van der Waals surface area contributed by atoms with Crippen molar-refractivity contribution in [3.05, 3.63) is 54.1 Å². The Morgan fingerprint density at radius 3 is 1.94 bits per heavy atom. The van der Waals surface area contributed by atoms with E-state index in [9.17, 15) is 30.0 Å². The number of sulfone groups is 1. The second-order valence-corrected chi connectivity index (χ2v) is 13.2. The van der Waals surface area contributed by atoms with Crippen LogP contribution in [0.4, 0.5) is 13.2 Å². The number of rotatable bonds is 5. The number of halogens is 3. The normalized spacial score (nSPS) is 19.4. The molecule has 1 aliphatic heterocycles. The van der Waals surface area contributed by atoms with Crippen molar-refractivity contribution in [3.8, 4) is 0 Å². The van der Waals surface area contributed by atoms with Crippen LogP contribution in [-0.4, -0.2) is 34.0 Å². The number of hydrogen-bond donors (Lipinski definition) is 2. The Bertz CT molecular complexity index is 1220. The zero-order chi connectivity index (χ0) is 24.9. The molecule has 0 bridgehead atoms. The summed E-state index contributed by atoms with van der Waals surface area (Å²) in [7, 11) is -8.93. The third-order valence-corrected chi connectivity index (χ3v) is 8.75. The summed E-state index contributed by atoms with van der Waals surface area (Å²) in [5.74, 6) is 0. The molecule has 0 spiro atoms. The highest BCUT2D eigenvalue weighted by Gasteiger charge is 2.42. The van der Waals surface area contributed by atoms with Crippen LogP contribution in [0.1, 0.15) is 46.1 Å². The maximum atomic E-state index is 13.7. The van der Waals surface area contributed by atoms with Crippen LogP contribution < -0.4 is 10.0 Å². The van der Waals surface area contributed by atoms with Gasteiger partial charge in [-0.15, -0.1) is 0 Å². The fourth-order valence-corrected chi connectivity index (χ4v) is 7.42. The van der Waals surface area contributed by atoms with Gasteiger partial charge in [0.25, 0.3) is 0 Å². The minimum Gasteiger partial charge on any atom is -0.307 e. The summed E-state index contributed by atoms with van der Waals surface area (Å²) in [4.78, 5) is -1.79. The largest absolute Gasteiger partial charge is 0.417 e. The van der Waals surface area contributed by atoms with E-state index in [4.69, 9.17) is 0 Å². The van der Waals surface area contributed by atoms with E-state index in [2.05, 4.69) is 10.0 Å². The highest BCUT2D eigenvalue weighted by atomic mass is 32.2. The maximum Gasteiger partial charge on any atom is 0.417 e. The van der Waals surface area contributed by atoms with Gasteiger partial charge in [-0.25, -0.2) is 21.6 Å². The molecule has 2 N–H and O–H groups in total. The minimum absolute atomic E-state index is 0.150.